The molecule has 0 saturated heterocycles. The van der Waals surface area contributed by atoms with Gasteiger partial charge in [0, 0.05) is 0 Å². The average molecular weight is 196 g/mol. The Hall–Kier alpha value is -1.36. The average Bonchev–Trinajstić information content (AvgIpc) is 2.30. The topological polar surface area (TPSA) is 54.5 Å². The zero-order valence-electron chi connectivity index (χ0n) is 6.60. The van der Waals surface area contributed by atoms with Gasteiger partial charge in [0.2, 0.25) is 0 Å². The minimum absolute atomic E-state index is 0.0370. The maximum Gasteiger partial charge on any atom is 0.269 e. The van der Waals surface area contributed by atoms with Gasteiger partial charge in [-0.05, 0) is 12.1 Å². The third kappa shape index (κ3) is 0.904. The second-order valence-corrected chi connectivity index (χ2v) is 4.49. The fourth-order valence-corrected chi connectivity index (χ4v) is 2.47. The SMILES string of the molecule is [CH2]N1C(=O)c2ccccc2S1(=O)=O. The van der Waals surface area contributed by atoms with E-state index in [9.17, 15) is 13.2 Å². The minimum Gasteiger partial charge on any atom is -0.268 e. The van der Waals surface area contributed by atoms with Crippen LogP contribution >= 0.6 is 0 Å². The highest BCUT2D eigenvalue weighted by Crippen LogP contribution is 2.28. The van der Waals surface area contributed by atoms with Gasteiger partial charge in [0.25, 0.3) is 15.9 Å². The van der Waals surface area contributed by atoms with Crippen molar-refractivity contribution >= 4 is 15.9 Å². The summed E-state index contributed by atoms with van der Waals surface area (Å²) < 4.78 is 23.4. The van der Waals surface area contributed by atoms with Crippen LogP contribution in [0.3, 0.4) is 0 Å². The minimum atomic E-state index is -3.66. The molecule has 1 radical (unpaired) electrons. The van der Waals surface area contributed by atoms with Gasteiger partial charge in [-0.15, -0.1) is 0 Å². The molecule has 1 aromatic rings. The highest BCUT2D eigenvalue weighted by Gasteiger charge is 2.37. The number of sulfonamides is 1. The van der Waals surface area contributed by atoms with Gasteiger partial charge >= 0.3 is 0 Å². The van der Waals surface area contributed by atoms with Crippen molar-refractivity contribution in [2.45, 2.75) is 4.90 Å². The number of benzene rings is 1. The van der Waals surface area contributed by atoms with Crippen LogP contribution in [0.5, 0.6) is 0 Å². The lowest BCUT2D eigenvalue weighted by atomic mass is 10.2. The van der Waals surface area contributed by atoms with E-state index in [-0.39, 0.29) is 10.5 Å². The Kier molecular flexibility index (Phi) is 1.47. The zero-order chi connectivity index (χ0) is 9.64. The molecule has 5 heteroatoms. The number of hydrogen-bond donors (Lipinski definition) is 0. The fourth-order valence-electron chi connectivity index (χ4n) is 1.23. The highest BCUT2D eigenvalue weighted by molar-refractivity contribution is 7.90. The third-order valence-corrected chi connectivity index (χ3v) is 3.57. The molecule has 2 rings (SSSR count). The van der Waals surface area contributed by atoms with Gasteiger partial charge in [0.15, 0.2) is 0 Å². The molecule has 0 atom stereocenters. The van der Waals surface area contributed by atoms with Crippen molar-refractivity contribution in [2.24, 2.45) is 0 Å². The summed E-state index contributed by atoms with van der Waals surface area (Å²) in [7, 11) is -0.479. The van der Waals surface area contributed by atoms with Crippen molar-refractivity contribution in [3.05, 3.63) is 36.9 Å². The molecule has 0 unspecified atom stereocenters. The Bertz CT molecular complexity index is 478. The molecule has 0 aliphatic carbocycles. The number of hydrogen-bond acceptors (Lipinski definition) is 3. The van der Waals surface area contributed by atoms with E-state index in [4.69, 9.17) is 0 Å². The van der Waals surface area contributed by atoms with Crippen LogP contribution in [0.4, 0.5) is 0 Å². The summed E-state index contributed by atoms with van der Waals surface area (Å²) in [6.45, 7) is 0. The molecule has 1 amide bonds. The zero-order valence-corrected chi connectivity index (χ0v) is 7.41. The predicted molar refractivity (Wildman–Crippen MR) is 45.2 cm³/mol. The molecule has 13 heavy (non-hydrogen) atoms. The van der Waals surface area contributed by atoms with E-state index >= 15 is 0 Å². The number of amides is 1. The third-order valence-electron chi connectivity index (χ3n) is 1.91. The molecule has 0 bridgehead atoms. The first-order valence-corrected chi connectivity index (χ1v) is 4.98. The maximum atomic E-state index is 11.4. The molecule has 67 valence electrons. The lowest BCUT2D eigenvalue weighted by Gasteiger charge is -2.04. The summed E-state index contributed by atoms with van der Waals surface area (Å²) in [6.07, 6.45) is 0. The van der Waals surface area contributed by atoms with Crippen LogP contribution in [-0.4, -0.2) is 18.6 Å². The van der Waals surface area contributed by atoms with Crippen molar-refractivity contribution in [1.29, 1.82) is 0 Å². The maximum absolute atomic E-state index is 11.4. The molecule has 4 nitrogen and oxygen atoms in total. The Balaban J connectivity index is 2.83. The first-order chi connectivity index (χ1) is 6.05. The standard InChI is InChI=1S/C8H6NO3S/c1-9-8(10)6-4-2-3-5-7(6)13(9,11)12/h2-5H,1H2. The second-order valence-electron chi connectivity index (χ2n) is 2.65. The molecule has 1 aliphatic rings. The summed E-state index contributed by atoms with van der Waals surface area (Å²) >= 11 is 0. The Morgan fingerprint density at radius 2 is 1.85 bits per heavy atom. The van der Waals surface area contributed by atoms with Gasteiger partial charge in [-0.1, -0.05) is 12.1 Å². The predicted octanol–water partition coefficient (Wildman–Crippen LogP) is 0.623. The molecular formula is C8H6NO3S. The first-order valence-electron chi connectivity index (χ1n) is 3.54. The van der Waals surface area contributed by atoms with E-state index < -0.39 is 15.9 Å². The van der Waals surface area contributed by atoms with Crippen molar-refractivity contribution < 1.29 is 13.2 Å². The summed E-state index contributed by atoms with van der Waals surface area (Å²) in [5, 5.41) is 0. The number of carbonyl (C=O) groups excluding carboxylic acids is 1. The van der Waals surface area contributed by atoms with Gasteiger partial charge < -0.3 is 0 Å². The van der Waals surface area contributed by atoms with Crippen LogP contribution in [0.25, 0.3) is 0 Å². The number of rotatable bonds is 0. The van der Waals surface area contributed by atoms with Crippen LogP contribution in [0.2, 0.25) is 0 Å². The molecule has 0 fully saturated rings. The molecule has 1 aliphatic heterocycles. The quantitative estimate of drug-likeness (QED) is 0.611. The van der Waals surface area contributed by atoms with E-state index in [1.807, 2.05) is 0 Å². The molecule has 1 aromatic carbocycles. The van der Waals surface area contributed by atoms with Crippen molar-refractivity contribution in [1.82, 2.24) is 4.31 Å². The van der Waals surface area contributed by atoms with E-state index in [0.717, 1.165) is 0 Å². The van der Waals surface area contributed by atoms with Gasteiger partial charge in [-0.2, -0.15) is 0 Å². The largest absolute Gasteiger partial charge is 0.269 e. The fraction of sp³-hybridized carbons (Fsp3) is 0. The van der Waals surface area contributed by atoms with E-state index in [0.29, 0.717) is 4.31 Å². The Morgan fingerprint density at radius 3 is 2.46 bits per heavy atom. The monoisotopic (exact) mass is 196 g/mol. The summed E-state index contributed by atoms with van der Waals surface area (Å²) in [5.41, 5.74) is 0.192. The Labute approximate surface area is 75.8 Å². The van der Waals surface area contributed by atoms with Gasteiger partial charge in [-0.25, -0.2) is 12.7 Å². The van der Waals surface area contributed by atoms with Crippen molar-refractivity contribution in [2.75, 3.05) is 0 Å². The smallest absolute Gasteiger partial charge is 0.268 e. The summed E-state index contributed by atoms with van der Waals surface area (Å²) in [4.78, 5) is 11.3. The van der Waals surface area contributed by atoms with Crippen LogP contribution in [0.1, 0.15) is 10.4 Å². The van der Waals surface area contributed by atoms with Gasteiger partial charge in [-0.3, -0.25) is 4.79 Å². The first kappa shape index (κ1) is 8.25. The Morgan fingerprint density at radius 1 is 1.23 bits per heavy atom. The molecule has 0 spiro atoms. The van der Waals surface area contributed by atoms with Crippen LogP contribution in [0.15, 0.2) is 29.2 Å². The second kappa shape index (κ2) is 2.32. The summed E-state index contributed by atoms with van der Waals surface area (Å²) in [5.74, 6) is -0.574. The molecule has 0 saturated carbocycles. The van der Waals surface area contributed by atoms with Gasteiger partial charge in [0.1, 0.15) is 4.90 Å². The molecular weight excluding hydrogens is 190 g/mol. The number of nitrogens with zero attached hydrogens (tertiary/aromatic N) is 1. The van der Waals surface area contributed by atoms with Crippen LogP contribution in [0, 0.1) is 7.05 Å². The number of carbonyl (C=O) groups is 1. The lowest BCUT2D eigenvalue weighted by molar-refractivity contribution is 0.0904. The summed E-state index contributed by atoms with van der Waals surface area (Å²) in [6, 6.07) is 6.06. The number of fused-ring (bicyclic) bond motifs is 1. The lowest BCUT2D eigenvalue weighted by Crippen LogP contribution is -2.22. The van der Waals surface area contributed by atoms with Crippen LogP contribution in [-0.2, 0) is 10.0 Å². The molecule has 1 heterocycles. The highest BCUT2D eigenvalue weighted by atomic mass is 32.2. The molecule has 0 aromatic heterocycles. The van der Waals surface area contributed by atoms with Crippen molar-refractivity contribution in [3.63, 3.8) is 0 Å². The normalized spacial score (nSPS) is 18.8. The van der Waals surface area contributed by atoms with E-state index in [1.165, 1.54) is 12.1 Å². The molecule has 0 N–H and O–H groups in total. The van der Waals surface area contributed by atoms with Gasteiger partial charge in [0.05, 0.1) is 12.6 Å². The van der Waals surface area contributed by atoms with Crippen molar-refractivity contribution in [3.8, 4) is 0 Å². The van der Waals surface area contributed by atoms with E-state index in [1.54, 1.807) is 12.1 Å². The van der Waals surface area contributed by atoms with E-state index in [2.05, 4.69) is 7.05 Å². The van der Waals surface area contributed by atoms with Crippen LogP contribution < -0.4 is 0 Å².